The van der Waals surface area contributed by atoms with Gasteiger partial charge in [0.25, 0.3) is 0 Å². The van der Waals surface area contributed by atoms with Crippen molar-refractivity contribution in [1.29, 1.82) is 0 Å². The number of furan rings is 1. The molecule has 0 bridgehead atoms. The first-order chi connectivity index (χ1) is 8.50. The first-order valence-electron chi connectivity index (χ1n) is 5.75. The van der Waals surface area contributed by atoms with Crippen molar-refractivity contribution < 1.29 is 13.2 Å². The Bertz CT molecular complexity index is 566. The van der Waals surface area contributed by atoms with Crippen molar-refractivity contribution in [2.45, 2.75) is 20.4 Å². The van der Waals surface area contributed by atoms with Crippen LogP contribution in [0.2, 0.25) is 0 Å². The molecule has 5 heteroatoms. The van der Waals surface area contributed by atoms with Crippen molar-refractivity contribution in [3.05, 3.63) is 34.0 Å². The van der Waals surface area contributed by atoms with Crippen LogP contribution >= 0.6 is 15.9 Å². The molecule has 2 aromatic rings. The van der Waals surface area contributed by atoms with Crippen LogP contribution in [0.1, 0.15) is 19.4 Å². The molecule has 2 nitrogen and oxygen atoms in total. The zero-order valence-corrected chi connectivity index (χ0v) is 11.8. The summed E-state index contributed by atoms with van der Waals surface area (Å²) in [5, 5.41) is 3.83. The fourth-order valence-electron chi connectivity index (χ4n) is 1.80. The molecule has 1 aromatic carbocycles. The molecule has 0 spiro atoms. The molecule has 0 unspecified atom stereocenters. The van der Waals surface area contributed by atoms with E-state index in [0.717, 1.165) is 18.2 Å². The Balaban J connectivity index is 2.33. The maximum absolute atomic E-state index is 13.5. The van der Waals surface area contributed by atoms with E-state index in [1.54, 1.807) is 0 Å². The molecule has 2 rings (SSSR count). The van der Waals surface area contributed by atoms with Crippen LogP contribution in [0, 0.1) is 17.6 Å². The van der Waals surface area contributed by atoms with Crippen LogP contribution in [0.3, 0.4) is 0 Å². The molecule has 1 N–H and O–H groups in total. The van der Waals surface area contributed by atoms with Crippen LogP contribution in [-0.4, -0.2) is 6.54 Å². The van der Waals surface area contributed by atoms with Crippen LogP contribution in [0.5, 0.6) is 0 Å². The van der Waals surface area contributed by atoms with Gasteiger partial charge in [-0.05, 0) is 34.5 Å². The van der Waals surface area contributed by atoms with Gasteiger partial charge in [0.15, 0.2) is 11.4 Å². The van der Waals surface area contributed by atoms with Gasteiger partial charge in [-0.1, -0.05) is 13.8 Å². The quantitative estimate of drug-likeness (QED) is 0.854. The van der Waals surface area contributed by atoms with Crippen molar-refractivity contribution in [3.63, 3.8) is 0 Å². The Morgan fingerprint density at radius 1 is 1.39 bits per heavy atom. The van der Waals surface area contributed by atoms with Crippen LogP contribution < -0.4 is 5.32 Å². The van der Waals surface area contributed by atoms with Gasteiger partial charge in [-0.15, -0.1) is 0 Å². The Hall–Kier alpha value is -0.940. The second kappa shape index (κ2) is 5.36. The molecule has 0 radical (unpaired) electrons. The molecule has 0 amide bonds. The number of nitrogens with one attached hydrogen (secondary N) is 1. The fourth-order valence-corrected chi connectivity index (χ4v) is 2.43. The van der Waals surface area contributed by atoms with Crippen LogP contribution in [0.4, 0.5) is 8.78 Å². The van der Waals surface area contributed by atoms with Crippen LogP contribution in [0.15, 0.2) is 21.2 Å². The highest BCUT2D eigenvalue weighted by Crippen LogP contribution is 2.32. The summed E-state index contributed by atoms with van der Waals surface area (Å²) >= 11 is 3.24. The average molecular weight is 318 g/mol. The molecule has 0 aliphatic carbocycles. The van der Waals surface area contributed by atoms with Crippen molar-refractivity contribution >= 4 is 26.9 Å². The predicted molar refractivity (Wildman–Crippen MR) is 70.4 cm³/mol. The molecule has 0 saturated heterocycles. The summed E-state index contributed by atoms with van der Waals surface area (Å²) in [7, 11) is 0. The van der Waals surface area contributed by atoms with Gasteiger partial charge in [-0.25, -0.2) is 4.39 Å². The van der Waals surface area contributed by atoms with E-state index in [-0.39, 0.29) is 5.58 Å². The van der Waals surface area contributed by atoms with Crippen molar-refractivity contribution in [2.24, 2.45) is 5.92 Å². The second-order valence-corrected chi connectivity index (χ2v) is 5.50. The number of hydrogen-bond donors (Lipinski definition) is 1. The van der Waals surface area contributed by atoms with Gasteiger partial charge in [-0.3, -0.25) is 0 Å². The minimum absolute atomic E-state index is 0.0387. The molecular weight excluding hydrogens is 304 g/mol. The number of hydrogen-bond acceptors (Lipinski definition) is 2. The first kappa shape index (κ1) is 13.5. The lowest BCUT2D eigenvalue weighted by Crippen LogP contribution is -2.18. The summed E-state index contributed by atoms with van der Waals surface area (Å²) in [5.74, 6) is -1.32. The molecule has 1 aromatic heterocycles. The minimum atomic E-state index is -0.941. The number of benzene rings is 1. The molecule has 0 aliphatic heterocycles. The maximum atomic E-state index is 13.5. The van der Waals surface area contributed by atoms with E-state index < -0.39 is 11.6 Å². The third-order valence-corrected chi connectivity index (χ3v) is 3.26. The largest absolute Gasteiger partial charge is 0.461 e. The van der Waals surface area contributed by atoms with Gasteiger partial charge in [0, 0.05) is 22.0 Å². The summed E-state index contributed by atoms with van der Waals surface area (Å²) in [6, 6.07) is 1.12. The highest BCUT2D eigenvalue weighted by atomic mass is 79.9. The van der Waals surface area contributed by atoms with E-state index in [4.69, 9.17) is 4.42 Å². The topological polar surface area (TPSA) is 25.2 Å². The van der Waals surface area contributed by atoms with Crippen molar-refractivity contribution in [3.8, 4) is 0 Å². The highest BCUT2D eigenvalue weighted by molar-refractivity contribution is 9.10. The Morgan fingerprint density at radius 3 is 2.78 bits per heavy atom. The van der Waals surface area contributed by atoms with Crippen molar-refractivity contribution in [2.75, 3.05) is 6.54 Å². The minimum Gasteiger partial charge on any atom is -0.461 e. The van der Waals surface area contributed by atoms with E-state index in [9.17, 15) is 8.78 Å². The Morgan fingerprint density at radius 2 is 2.11 bits per heavy atom. The predicted octanol–water partition coefficient (Wildman–Crippen LogP) is 4.22. The molecule has 0 saturated carbocycles. The van der Waals surface area contributed by atoms with E-state index in [0.29, 0.717) is 22.3 Å². The molecule has 98 valence electrons. The zero-order chi connectivity index (χ0) is 13.3. The van der Waals surface area contributed by atoms with Gasteiger partial charge in [-0.2, -0.15) is 4.39 Å². The van der Waals surface area contributed by atoms with Crippen LogP contribution in [-0.2, 0) is 6.54 Å². The van der Waals surface area contributed by atoms with Gasteiger partial charge in [0.1, 0.15) is 0 Å². The standard InChI is InChI=1S/C13H14BrF2NO/c1-7(2)4-17-5-8-6-18-13-11(8)9(14)3-10(15)12(13)16/h3,6-7,17H,4-5H2,1-2H3. The van der Waals surface area contributed by atoms with E-state index in [1.807, 2.05) is 0 Å². The summed E-state index contributed by atoms with van der Waals surface area (Å²) in [6.07, 6.45) is 1.46. The number of rotatable bonds is 4. The van der Waals surface area contributed by atoms with E-state index >= 15 is 0 Å². The molecule has 0 aliphatic rings. The smallest absolute Gasteiger partial charge is 0.201 e. The average Bonchev–Trinajstić information content (AvgIpc) is 2.70. The maximum Gasteiger partial charge on any atom is 0.201 e. The molecule has 0 fully saturated rings. The van der Waals surface area contributed by atoms with Gasteiger partial charge in [0.2, 0.25) is 5.82 Å². The van der Waals surface area contributed by atoms with Crippen molar-refractivity contribution in [1.82, 2.24) is 5.32 Å². The van der Waals surface area contributed by atoms with E-state index in [2.05, 4.69) is 35.1 Å². The third-order valence-electron chi connectivity index (χ3n) is 2.64. The molecule has 0 atom stereocenters. The lowest BCUT2D eigenvalue weighted by molar-refractivity contribution is 0.490. The summed E-state index contributed by atoms with van der Waals surface area (Å²) < 4.78 is 32.3. The van der Waals surface area contributed by atoms with Gasteiger partial charge < -0.3 is 9.73 Å². The number of fused-ring (bicyclic) bond motifs is 1. The summed E-state index contributed by atoms with van der Waals surface area (Å²) in [6.45, 7) is 5.62. The van der Waals surface area contributed by atoms with Gasteiger partial charge in [0.05, 0.1) is 6.26 Å². The second-order valence-electron chi connectivity index (χ2n) is 4.64. The Labute approximate surface area is 112 Å². The first-order valence-corrected chi connectivity index (χ1v) is 6.54. The number of halogens is 3. The lowest BCUT2D eigenvalue weighted by Gasteiger charge is -2.06. The van der Waals surface area contributed by atoms with Crippen LogP contribution in [0.25, 0.3) is 11.0 Å². The van der Waals surface area contributed by atoms with Gasteiger partial charge >= 0.3 is 0 Å². The molecule has 18 heavy (non-hydrogen) atoms. The molecule has 1 heterocycles. The normalized spacial score (nSPS) is 11.7. The van der Waals surface area contributed by atoms with E-state index in [1.165, 1.54) is 6.26 Å². The highest BCUT2D eigenvalue weighted by Gasteiger charge is 2.17. The summed E-state index contributed by atoms with van der Waals surface area (Å²) in [5.41, 5.74) is 0.777. The fraction of sp³-hybridized carbons (Fsp3) is 0.385. The third kappa shape index (κ3) is 2.57. The Kier molecular flexibility index (Phi) is 4.02. The molecular formula is C13H14BrF2NO. The zero-order valence-electron chi connectivity index (χ0n) is 10.2. The monoisotopic (exact) mass is 317 g/mol. The SMILES string of the molecule is CC(C)CNCc1coc2c(F)c(F)cc(Br)c12. The lowest BCUT2D eigenvalue weighted by atomic mass is 10.1. The summed E-state index contributed by atoms with van der Waals surface area (Å²) in [4.78, 5) is 0.